The van der Waals surface area contributed by atoms with Gasteiger partial charge in [0.2, 0.25) is 11.9 Å². The van der Waals surface area contributed by atoms with Crippen LogP contribution in [-0.4, -0.2) is 66.7 Å². The lowest BCUT2D eigenvalue weighted by Crippen LogP contribution is -2.36. The van der Waals surface area contributed by atoms with E-state index >= 15 is 0 Å². The SMILES string of the molecule is O=C(Nc1nc(N2CCOCC2)n[nH]1)c1csc(S(=O)(=O)N2CCc3ccccc3C2)c1. The molecule has 0 radical (unpaired) electrons. The first-order valence-electron chi connectivity index (χ1n) is 10.2. The van der Waals surface area contributed by atoms with E-state index in [9.17, 15) is 13.2 Å². The van der Waals surface area contributed by atoms with Crippen molar-refractivity contribution in [3.05, 3.63) is 52.4 Å². The number of hydrogen-bond acceptors (Lipinski definition) is 8. The van der Waals surface area contributed by atoms with Gasteiger partial charge in [-0.3, -0.25) is 10.1 Å². The second kappa shape index (κ2) is 8.62. The first-order chi connectivity index (χ1) is 15.5. The molecule has 2 aromatic heterocycles. The number of aromatic amines is 1. The highest BCUT2D eigenvalue weighted by atomic mass is 32.2. The number of nitrogens with zero attached hydrogens (tertiary/aromatic N) is 4. The molecule has 2 aliphatic rings. The van der Waals surface area contributed by atoms with Crippen molar-refractivity contribution in [3.8, 4) is 0 Å². The Balaban J connectivity index is 1.27. The van der Waals surface area contributed by atoms with E-state index in [0.29, 0.717) is 51.8 Å². The number of amides is 1. The third-order valence-electron chi connectivity index (χ3n) is 5.53. The number of anilines is 2. The number of thiophene rings is 1. The molecule has 32 heavy (non-hydrogen) atoms. The number of sulfonamides is 1. The summed E-state index contributed by atoms with van der Waals surface area (Å²) < 4.78 is 33.2. The summed E-state index contributed by atoms with van der Waals surface area (Å²) in [5.41, 5.74) is 2.45. The molecule has 0 unspecified atom stereocenters. The largest absolute Gasteiger partial charge is 0.378 e. The van der Waals surface area contributed by atoms with Crippen LogP contribution in [0.3, 0.4) is 0 Å². The molecule has 0 atom stereocenters. The van der Waals surface area contributed by atoms with E-state index < -0.39 is 15.9 Å². The molecule has 1 saturated heterocycles. The second-order valence-corrected chi connectivity index (χ2v) is 10.6. The van der Waals surface area contributed by atoms with E-state index in [1.165, 1.54) is 15.9 Å². The summed E-state index contributed by atoms with van der Waals surface area (Å²) in [6.07, 6.45) is 0.672. The quantitative estimate of drug-likeness (QED) is 0.577. The van der Waals surface area contributed by atoms with E-state index in [4.69, 9.17) is 4.74 Å². The normalized spacial score (nSPS) is 17.2. The molecule has 10 nitrogen and oxygen atoms in total. The minimum absolute atomic E-state index is 0.147. The van der Waals surface area contributed by atoms with Gasteiger partial charge in [-0.2, -0.15) is 9.29 Å². The minimum atomic E-state index is -3.68. The van der Waals surface area contributed by atoms with Crippen LogP contribution in [0.2, 0.25) is 0 Å². The predicted molar refractivity (Wildman–Crippen MR) is 119 cm³/mol. The van der Waals surface area contributed by atoms with Gasteiger partial charge >= 0.3 is 0 Å². The van der Waals surface area contributed by atoms with Crippen LogP contribution < -0.4 is 10.2 Å². The maximum Gasteiger partial charge on any atom is 0.258 e. The number of H-pyrrole nitrogens is 1. The van der Waals surface area contributed by atoms with Crippen LogP contribution in [0.15, 0.2) is 39.9 Å². The Labute approximate surface area is 189 Å². The molecular formula is C20H22N6O4S2. The molecule has 0 bridgehead atoms. The van der Waals surface area contributed by atoms with Gasteiger partial charge in [-0.25, -0.2) is 13.5 Å². The monoisotopic (exact) mass is 474 g/mol. The van der Waals surface area contributed by atoms with Crippen molar-refractivity contribution in [1.82, 2.24) is 19.5 Å². The first-order valence-corrected chi connectivity index (χ1v) is 12.5. The van der Waals surface area contributed by atoms with Gasteiger partial charge in [0, 0.05) is 31.6 Å². The second-order valence-electron chi connectivity index (χ2n) is 7.55. The Morgan fingerprint density at radius 1 is 1.16 bits per heavy atom. The van der Waals surface area contributed by atoms with Gasteiger partial charge in [-0.15, -0.1) is 16.4 Å². The van der Waals surface area contributed by atoms with Crippen molar-refractivity contribution in [2.24, 2.45) is 0 Å². The van der Waals surface area contributed by atoms with Crippen molar-refractivity contribution >= 4 is 39.2 Å². The standard InChI is InChI=1S/C20H22N6O4S2/c27-18(21-19-22-20(24-23-19)25-7-9-30-10-8-25)16-11-17(31-13-16)32(28,29)26-6-5-14-3-1-2-4-15(14)12-26/h1-4,11,13H,5-10,12H2,(H2,21,22,23,24,27). The number of benzene rings is 1. The van der Waals surface area contributed by atoms with Crippen molar-refractivity contribution in [2.45, 2.75) is 17.2 Å². The summed E-state index contributed by atoms with van der Waals surface area (Å²) in [4.78, 5) is 18.9. The number of rotatable bonds is 5. The summed E-state index contributed by atoms with van der Waals surface area (Å²) in [7, 11) is -3.68. The summed E-state index contributed by atoms with van der Waals surface area (Å²) >= 11 is 1.04. The number of fused-ring (bicyclic) bond motifs is 1. The number of carbonyl (C=O) groups excluding carboxylic acids is 1. The van der Waals surface area contributed by atoms with Gasteiger partial charge in [-0.05, 0) is 23.6 Å². The summed E-state index contributed by atoms with van der Waals surface area (Å²) in [6, 6.07) is 9.27. The number of ether oxygens (including phenoxy) is 1. The molecule has 0 aliphatic carbocycles. The molecule has 2 N–H and O–H groups in total. The fraction of sp³-hybridized carbons (Fsp3) is 0.350. The maximum atomic E-state index is 13.1. The Hall–Kier alpha value is -2.80. The summed E-state index contributed by atoms with van der Waals surface area (Å²) in [5, 5.41) is 11.0. The van der Waals surface area contributed by atoms with Crippen LogP contribution in [0.1, 0.15) is 21.5 Å². The average molecular weight is 475 g/mol. The average Bonchev–Trinajstić information content (AvgIpc) is 3.50. The van der Waals surface area contributed by atoms with Gasteiger partial charge in [0.05, 0.1) is 18.8 Å². The van der Waals surface area contributed by atoms with Gasteiger partial charge in [0.15, 0.2) is 0 Å². The topological polar surface area (TPSA) is 121 Å². The lowest BCUT2D eigenvalue weighted by molar-refractivity contribution is 0.102. The van der Waals surface area contributed by atoms with Gasteiger partial charge in [0.1, 0.15) is 4.21 Å². The molecule has 5 rings (SSSR count). The zero-order chi connectivity index (χ0) is 22.1. The Kier molecular flexibility index (Phi) is 5.67. The van der Waals surface area contributed by atoms with Gasteiger partial charge in [0.25, 0.3) is 15.9 Å². The fourth-order valence-corrected chi connectivity index (χ4v) is 6.50. The van der Waals surface area contributed by atoms with Crippen molar-refractivity contribution in [3.63, 3.8) is 0 Å². The molecule has 1 amide bonds. The van der Waals surface area contributed by atoms with Gasteiger partial charge < -0.3 is 9.64 Å². The molecule has 168 valence electrons. The highest BCUT2D eigenvalue weighted by Gasteiger charge is 2.30. The minimum Gasteiger partial charge on any atom is -0.378 e. The summed E-state index contributed by atoms with van der Waals surface area (Å²) in [5.74, 6) is 0.249. The molecule has 0 spiro atoms. The zero-order valence-corrected chi connectivity index (χ0v) is 18.8. The van der Waals surface area contributed by atoms with Crippen LogP contribution in [0.4, 0.5) is 11.9 Å². The Bertz CT molecular complexity index is 1230. The Morgan fingerprint density at radius 3 is 2.75 bits per heavy atom. The molecular weight excluding hydrogens is 452 g/mol. The van der Waals surface area contributed by atoms with E-state index in [0.717, 1.165) is 16.9 Å². The smallest absolute Gasteiger partial charge is 0.258 e. The molecule has 4 heterocycles. The zero-order valence-electron chi connectivity index (χ0n) is 17.2. The fourth-order valence-electron chi connectivity index (χ4n) is 3.77. The lowest BCUT2D eigenvalue weighted by Gasteiger charge is -2.27. The van der Waals surface area contributed by atoms with Crippen LogP contribution in [-0.2, 0) is 27.7 Å². The molecule has 1 aromatic carbocycles. The third kappa shape index (κ3) is 4.13. The lowest BCUT2D eigenvalue weighted by atomic mass is 10.0. The van der Waals surface area contributed by atoms with Crippen molar-refractivity contribution in [1.29, 1.82) is 0 Å². The number of morpholine rings is 1. The number of carbonyl (C=O) groups is 1. The van der Waals surface area contributed by atoms with Gasteiger partial charge in [-0.1, -0.05) is 24.3 Å². The maximum absolute atomic E-state index is 13.1. The molecule has 3 aromatic rings. The van der Waals surface area contributed by atoms with Crippen LogP contribution in [0.25, 0.3) is 0 Å². The van der Waals surface area contributed by atoms with E-state index in [1.807, 2.05) is 29.2 Å². The molecule has 1 fully saturated rings. The molecule has 12 heteroatoms. The highest BCUT2D eigenvalue weighted by Crippen LogP contribution is 2.29. The third-order valence-corrected chi connectivity index (χ3v) is 8.79. The Morgan fingerprint density at radius 2 is 1.94 bits per heavy atom. The van der Waals surface area contributed by atoms with E-state index in [-0.39, 0.29) is 15.7 Å². The van der Waals surface area contributed by atoms with Crippen molar-refractivity contribution in [2.75, 3.05) is 43.1 Å². The predicted octanol–water partition coefficient (Wildman–Crippen LogP) is 1.70. The number of nitrogens with one attached hydrogen (secondary N) is 2. The molecule has 0 saturated carbocycles. The summed E-state index contributed by atoms with van der Waals surface area (Å²) in [6.45, 7) is 3.31. The highest BCUT2D eigenvalue weighted by molar-refractivity contribution is 7.91. The van der Waals surface area contributed by atoms with Crippen molar-refractivity contribution < 1.29 is 17.9 Å². The molecule has 2 aliphatic heterocycles. The van der Waals surface area contributed by atoms with Crippen LogP contribution in [0, 0.1) is 0 Å². The van der Waals surface area contributed by atoms with E-state index in [1.54, 1.807) is 5.38 Å². The van der Waals surface area contributed by atoms with E-state index in [2.05, 4.69) is 20.5 Å². The first kappa shape index (κ1) is 21.1. The number of hydrogen-bond donors (Lipinski definition) is 2. The van der Waals surface area contributed by atoms with Crippen LogP contribution >= 0.6 is 11.3 Å². The van der Waals surface area contributed by atoms with Crippen LogP contribution in [0.5, 0.6) is 0 Å². The number of aromatic nitrogens is 3.